The van der Waals surface area contributed by atoms with Crippen LogP contribution in [0.4, 0.5) is 17.3 Å². The minimum atomic E-state index is 0.515. The molecule has 0 bridgehead atoms. The van der Waals surface area contributed by atoms with Crippen LogP contribution in [0.25, 0.3) is 0 Å². The second kappa shape index (κ2) is 5.36. The first-order valence-corrected chi connectivity index (χ1v) is 6.77. The molecule has 0 unspecified atom stereocenters. The van der Waals surface area contributed by atoms with E-state index in [1.54, 1.807) is 7.11 Å². The maximum Gasteiger partial charge on any atom is 0.142 e. The number of rotatable bonds is 5. The van der Waals surface area contributed by atoms with Crippen molar-refractivity contribution >= 4 is 17.3 Å². The van der Waals surface area contributed by atoms with Gasteiger partial charge in [0, 0.05) is 19.0 Å². The van der Waals surface area contributed by atoms with Gasteiger partial charge in [0.2, 0.25) is 0 Å². The third kappa shape index (κ3) is 2.66. The molecule has 1 aliphatic carbocycles. The van der Waals surface area contributed by atoms with Crippen molar-refractivity contribution in [3.63, 3.8) is 0 Å². The first-order valence-electron chi connectivity index (χ1n) is 6.77. The molecule has 0 radical (unpaired) electrons. The van der Waals surface area contributed by atoms with Crippen molar-refractivity contribution in [2.24, 2.45) is 0 Å². The SMILES string of the molecule is CNc1cc(Nc2ccccc2OC)nc(C2CC2)n1. The molecule has 2 aromatic rings. The molecule has 0 amide bonds. The number of methoxy groups -OCH3 is 1. The lowest BCUT2D eigenvalue weighted by molar-refractivity contribution is 0.417. The third-order valence-electron chi connectivity index (χ3n) is 3.31. The number of nitrogens with one attached hydrogen (secondary N) is 2. The number of hydrogen-bond acceptors (Lipinski definition) is 5. The Hall–Kier alpha value is -2.30. The lowest BCUT2D eigenvalue weighted by Gasteiger charge is -2.12. The van der Waals surface area contributed by atoms with Gasteiger partial charge in [0.1, 0.15) is 23.2 Å². The summed E-state index contributed by atoms with van der Waals surface area (Å²) in [4.78, 5) is 9.10. The van der Waals surface area contributed by atoms with Gasteiger partial charge in [-0.25, -0.2) is 9.97 Å². The molecule has 5 heteroatoms. The molecule has 0 spiro atoms. The van der Waals surface area contributed by atoms with Crippen molar-refractivity contribution in [3.8, 4) is 5.75 Å². The highest BCUT2D eigenvalue weighted by atomic mass is 16.5. The standard InChI is InChI=1S/C15H18N4O/c1-16-13-9-14(19-15(18-13)10-7-8-10)17-11-5-3-4-6-12(11)20-2/h3-6,9-10H,7-8H2,1-2H3,(H2,16,17,18,19). The highest BCUT2D eigenvalue weighted by Gasteiger charge is 2.27. The number of aromatic nitrogens is 2. The van der Waals surface area contributed by atoms with Crippen molar-refractivity contribution in [2.75, 3.05) is 24.8 Å². The molecule has 2 N–H and O–H groups in total. The van der Waals surface area contributed by atoms with E-state index in [0.29, 0.717) is 5.92 Å². The molecule has 1 aromatic heterocycles. The molecule has 104 valence electrons. The predicted molar refractivity (Wildman–Crippen MR) is 79.8 cm³/mol. The van der Waals surface area contributed by atoms with Crippen LogP contribution in [-0.4, -0.2) is 24.1 Å². The van der Waals surface area contributed by atoms with E-state index in [0.717, 1.165) is 28.9 Å². The lowest BCUT2D eigenvalue weighted by atomic mass is 10.3. The summed E-state index contributed by atoms with van der Waals surface area (Å²) in [5.41, 5.74) is 0.900. The zero-order valence-corrected chi connectivity index (χ0v) is 11.7. The number of benzene rings is 1. The minimum Gasteiger partial charge on any atom is -0.495 e. The molecule has 0 atom stereocenters. The summed E-state index contributed by atoms with van der Waals surface area (Å²) in [5, 5.41) is 6.39. The fourth-order valence-corrected chi connectivity index (χ4v) is 2.07. The zero-order valence-electron chi connectivity index (χ0n) is 11.7. The van der Waals surface area contributed by atoms with Crippen molar-refractivity contribution in [1.82, 2.24) is 9.97 Å². The minimum absolute atomic E-state index is 0.515. The molecule has 1 saturated carbocycles. The smallest absolute Gasteiger partial charge is 0.142 e. The van der Waals surface area contributed by atoms with Gasteiger partial charge < -0.3 is 15.4 Å². The summed E-state index contributed by atoms with van der Waals surface area (Å²) in [6, 6.07) is 9.70. The second-order valence-corrected chi connectivity index (χ2v) is 4.85. The lowest BCUT2D eigenvalue weighted by Crippen LogP contribution is -2.03. The molecule has 5 nitrogen and oxygen atoms in total. The van der Waals surface area contributed by atoms with Crippen molar-refractivity contribution in [3.05, 3.63) is 36.2 Å². The maximum absolute atomic E-state index is 5.34. The van der Waals surface area contributed by atoms with Crippen LogP contribution >= 0.6 is 0 Å². The van der Waals surface area contributed by atoms with Crippen LogP contribution in [-0.2, 0) is 0 Å². The van der Waals surface area contributed by atoms with Crippen LogP contribution in [0.1, 0.15) is 24.6 Å². The Morgan fingerprint density at radius 2 is 1.90 bits per heavy atom. The van der Waals surface area contributed by atoms with Crippen LogP contribution < -0.4 is 15.4 Å². The average Bonchev–Trinajstić information content (AvgIpc) is 3.32. The quantitative estimate of drug-likeness (QED) is 0.874. The van der Waals surface area contributed by atoms with Crippen LogP contribution in [0, 0.1) is 0 Å². The van der Waals surface area contributed by atoms with Crippen molar-refractivity contribution in [2.45, 2.75) is 18.8 Å². The van der Waals surface area contributed by atoms with E-state index in [-0.39, 0.29) is 0 Å². The predicted octanol–water partition coefficient (Wildman–Crippen LogP) is 3.15. The maximum atomic E-state index is 5.34. The van der Waals surface area contributed by atoms with Gasteiger partial charge in [-0.05, 0) is 25.0 Å². The fourth-order valence-electron chi connectivity index (χ4n) is 2.07. The molecule has 0 saturated heterocycles. The average molecular weight is 270 g/mol. The van der Waals surface area contributed by atoms with Gasteiger partial charge >= 0.3 is 0 Å². The van der Waals surface area contributed by atoms with Crippen LogP contribution in [0.3, 0.4) is 0 Å². The Kier molecular flexibility index (Phi) is 3.41. The molecule has 20 heavy (non-hydrogen) atoms. The van der Waals surface area contributed by atoms with Gasteiger partial charge in [-0.15, -0.1) is 0 Å². The number of hydrogen-bond donors (Lipinski definition) is 2. The van der Waals surface area contributed by atoms with E-state index < -0.39 is 0 Å². The molecule has 3 rings (SSSR count). The van der Waals surface area contributed by atoms with Crippen LogP contribution in [0.15, 0.2) is 30.3 Å². The summed E-state index contributed by atoms with van der Waals surface area (Å²) < 4.78 is 5.34. The Labute approximate surface area is 118 Å². The van der Waals surface area contributed by atoms with E-state index in [1.807, 2.05) is 37.4 Å². The first-order chi connectivity index (χ1) is 9.80. The van der Waals surface area contributed by atoms with Gasteiger partial charge in [0.15, 0.2) is 0 Å². The second-order valence-electron chi connectivity index (χ2n) is 4.85. The summed E-state index contributed by atoms with van der Waals surface area (Å²) in [7, 11) is 3.53. The first kappa shape index (κ1) is 12.7. The monoisotopic (exact) mass is 270 g/mol. The van der Waals surface area contributed by atoms with Gasteiger partial charge in [-0.3, -0.25) is 0 Å². The van der Waals surface area contributed by atoms with Gasteiger partial charge in [-0.2, -0.15) is 0 Å². The largest absolute Gasteiger partial charge is 0.495 e. The van der Waals surface area contributed by atoms with E-state index >= 15 is 0 Å². The summed E-state index contributed by atoms with van der Waals surface area (Å²) in [6.07, 6.45) is 2.36. The topological polar surface area (TPSA) is 59.1 Å². The van der Waals surface area contributed by atoms with Gasteiger partial charge in [-0.1, -0.05) is 12.1 Å². The van der Waals surface area contributed by atoms with E-state index in [1.165, 1.54) is 12.8 Å². The summed E-state index contributed by atoms with van der Waals surface area (Å²) in [5.74, 6) is 3.84. The van der Waals surface area contributed by atoms with Crippen molar-refractivity contribution in [1.29, 1.82) is 0 Å². The van der Waals surface area contributed by atoms with Crippen LogP contribution in [0.5, 0.6) is 5.75 Å². The van der Waals surface area contributed by atoms with Gasteiger partial charge in [0.05, 0.1) is 12.8 Å². The van der Waals surface area contributed by atoms with E-state index in [4.69, 9.17) is 4.74 Å². The molecule has 1 fully saturated rings. The molecule has 1 aromatic carbocycles. The number of anilines is 3. The number of nitrogens with zero attached hydrogens (tertiary/aromatic N) is 2. The normalized spacial score (nSPS) is 13.9. The highest BCUT2D eigenvalue weighted by Crippen LogP contribution is 2.39. The Bertz CT molecular complexity index is 611. The molecular formula is C15H18N4O. The number of para-hydroxylation sites is 2. The molecular weight excluding hydrogens is 252 g/mol. The number of ether oxygens (including phenoxy) is 1. The van der Waals surface area contributed by atoms with E-state index in [2.05, 4.69) is 20.6 Å². The fraction of sp³-hybridized carbons (Fsp3) is 0.333. The van der Waals surface area contributed by atoms with Crippen LogP contribution in [0.2, 0.25) is 0 Å². The summed E-state index contributed by atoms with van der Waals surface area (Å²) >= 11 is 0. The molecule has 1 aliphatic rings. The molecule has 1 heterocycles. The summed E-state index contributed by atoms with van der Waals surface area (Å²) in [6.45, 7) is 0. The molecule has 0 aliphatic heterocycles. The third-order valence-corrected chi connectivity index (χ3v) is 3.31. The highest BCUT2D eigenvalue weighted by molar-refractivity contribution is 5.65. The Balaban J connectivity index is 1.91. The van der Waals surface area contributed by atoms with E-state index in [9.17, 15) is 0 Å². The Morgan fingerprint density at radius 1 is 1.15 bits per heavy atom. The Morgan fingerprint density at radius 3 is 2.60 bits per heavy atom. The zero-order chi connectivity index (χ0) is 13.9. The van der Waals surface area contributed by atoms with Gasteiger partial charge in [0.25, 0.3) is 0 Å². The van der Waals surface area contributed by atoms with Crippen molar-refractivity contribution < 1.29 is 4.74 Å².